The molecule has 3 saturated heterocycles. The summed E-state index contributed by atoms with van der Waals surface area (Å²) in [6.07, 6.45) is -2.68. The molecule has 0 aromatic rings. The Morgan fingerprint density at radius 1 is 0.944 bits per heavy atom. The van der Waals surface area contributed by atoms with Crippen LogP contribution in [-0.2, 0) is 23.7 Å². The molecule has 0 spiro atoms. The molecule has 0 radical (unpaired) electrons. The smallest absolute Gasteiger partial charge is 0.190 e. The molecule has 3 rings (SSSR count). The molecule has 3 aliphatic rings. The first kappa shape index (κ1) is 12.8. The zero-order chi connectivity index (χ0) is 13.1. The van der Waals surface area contributed by atoms with E-state index in [1.165, 1.54) is 0 Å². The van der Waals surface area contributed by atoms with Crippen LogP contribution in [0.15, 0.2) is 0 Å². The fourth-order valence-electron chi connectivity index (χ4n) is 2.66. The standard InChI is InChI=1S/C12H20O6/c1-11(2)14-5-6-7(13)8-9(10(15-6)18-11)17-12(3,4)16-8/h6-10,13H,5H2,1-4H3. The molecule has 6 heteroatoms. The van der Waals surface area contributed by atoms with Crippen molar-refractivity contribution in [2.75, 3.05) is 6.61 Å². The van der Waals surface area contributed by atoms with Crippen LogP contribution in [0.1, 0.15) is 27.7 Å². The van der Waals surface area contributed by atoms with Crippen molar-refractivity contribution in [3.8, 4) is 0 Å². The third-order valence-corrected chi connectivity index (χ3v) is 3.45. The highest BCUT2D eigenvalue weighted by Gasteiger charge is 2.57. The maximum atomic E-state index is 10.3. The van der Waals surface area contributed by atoms with Gasteiger partial charge < -0.3 is 28.8 Å². The minimum Gasteiger partial charge on any atom is -0.387 e. The summed E-state index contributed by atoms with van der Waals surface area (Å²) in [6, 6.07) is 0. The molecule has 0 aliphatic carbocycles. The van der Waals surface area contributed by atoms with E-state index in [0.717, 1.165) is 0 Å². The predicted molar refractivity (Wildman–Crippen MR) is 59.6 cm³/mol. The van der Waals surface area contributed by atoms with Crippen molar-refractivity contribution in [3.05, 3.63) is 0 Å². The molecule has 0 saturated carbocycles. The summed E-state index contributed by atoms with van der Waals surface area (Å²) in [5, 5.41) is 10.3. The molecule has 6 nitrogen and oxygen atoms in total. The Kier molecular flexibility index (Phi) is 2.75. The van der Waals surface area contributed by atoms with E-state index in [2.05, 4.69) is 0 Å². The van der Waals surface area contributed by atoms with Crippen LogP contribution in [0.25, 0.3) is 0 Å². The van der Waals surface area contributed by atoms with E-state index in [1.54, 1.807) is 0 Å². The van der Waals surface area contributed by atoms with Crippen molar-refractivity contribution in [1.82, 2.24) is 0 Å². The number of ether oxygens (including phenoxy) is 5. The molecular weight excluding hydrogens is 240 g/mol. The summed E-state index contributed by atoms with van der Waals surface area (Å²) in [7, 11) is 0. The van der Waals surface area contributed by atoms with E-state index in [0.29, 0.717) is 0 Å². The van der Waals surface area contributed by atoms with Crippen molar-refractivity contribution in [1.29, 1.82) is 0 Å². The molecule has 3 fully saturated rings. The van der Waals surface area contributed by atoms with Crippen LogP contribution in [0.5, 0.6) is 0 Å². The van der Waals surface area contributed by atoms with Gasteiger partial charge in [0, 0.05) is 0 Å². The third-order valence-electron chi connectivity index (χ3n) is 3.45. The average Bonchev–Trinajstić information content (AvgIpc) is 2.48. The van der Waals surface area contributed by atoms with Crippen LogP contribution in [0.2, 0.25) is 0 Å². The number of hydrogen-bond acceptors (Lipinski definition) is 6. The number of hydrogen-bond donors (Lipinski definition) is 1. The molecule has 5 atom stereocenters. The Bertz CT molecular complexity index is 341. The van der Waals surface area contributed by atoms with Gasteiger partial charge in [-0.05, 0) is 27.7 Å². The van der Waals surface area contributed by atoms with E-state index in [1.807, 2.05) is 27.7 Å². The topological polar surface area (TPSA) is 66.4 Å². The van der Waals surface area contributed by atoms with Gasteiger partial charge in [0.25, 0.3) is 0 Å². The first-order chi connectivity index (χ1) is 8.27. The first-order valence-corrected chi connectivity index (χ1v) is 6.28. The molecule has 3 aliphatic heterocycles. The Balaban J connectivity index is 1.88. The summed E-state index contributed by atoms with van der Waals surface area (Å²) < 4.78 is 28.5. The lowest BCUT2D eigenvalue weighted by molar-refractivity contribution is -0.307. The molecule has 3 heterocycles. The van der Waals surface area contributed by atoms with Crippen LogP contribution in [-0.4, -0.2) is 54.0 Å². The second-order valence-electron chi connectivity index (χ2n) is 5.93. The first-order valence-electron chi connectivity index (χ1n) is 6.28. The molecule has 0 aromatic carbocycles. The van der Waals surface area contributed by atoms with E-state index in [4.69, 9.17) is 23.7 Å². The van der Waals surface area contributed by atoms with Gasteiger partial charge >= 0.3 is 0 Å². The summed E-state index contributed by atoms with van der Waals surface area (Å²) >= 11 is 0. The molecule has 1 N–H and O–H groups in total. The third kappa shape index (κ3) is 2.07. The van der Waals surface area contributed by atoms with Gasteiger partial charge in [0.2, 0.25) is 0 Å². The van der Waals surface area contributed by atoms with Crippen molar-refractivity contribution >= 4 is 0 Å². The largest absolute Gasteiger partial charge is 0.387 e. The lowest BCUT2D eigenvalue weighted by Crippen LogP contribution is -2.57. The number of aliphatic hydroxyl groups is 1. The minimum atomic E-state index is -0.773. The second-order valence-corrected chi connectivity index (χ2v) is 5.93. The van der Waals surface area contributed by atoms with Crippen molar-refractivity contribution in [3.63, 3.8) is 0 Å². The maximum absolute atomic E-state index is 10.3. The molecule has 0 amide bonds. The van der Waals surface area contributed by atoms with Crippen LogP contribution >= 0.6 is 0 Å². The molecule has 5 unspecified atom stereocenters. The molecule has 18 heavy (non-hydrogen) atoms. The Morgan fingerprint density at radius 2 is 1.61 bits per heavy atom. The summed E-state index contributed by atoms with van der Waals surface area (Å²) in [6.45, 7) is 7.55. The highest BCUT2D eigenvalue weighted by molar-refractivity contribution is 4.97. The van der Waals surface area contributed by atoms with Crippen molar-refractivity contribution in [2.24, 2.45) is 0 Å². The van der Waals surface area contributed by atoms with Gasteiger partial charge in [-0.3, -0.25) is 0 Å². The lowest BCUT2D eigenvalue weighted by Gasteiger charge is -2.37. The fourth-order valence-corrected chi connectivity index (χ4v) is 2.66. The molecular formula is C12H20O6. The number of fused-ring (bicyclic) bond motifs is 4. The molecule has 2 bridgehead atoms. The van der Waals surface area contributed by atoms with Gasteiger partial charge in [-0.1, -0.05) is 0 Å². The van der Waals surface area contributed by atoms with Gasteiger partial charge in [-0.15, -0.1) is 0 Å². The van der Waals surface area contributed by atoms with Crippen LogP contribution < -0.4 is 0 Å². The van der Waals surface area contributed by atoms with Gasteiger partial charge in [0.15, 0.2) is 17.9 Å². The van der Waals surface area contributed by atoms with Gasteiger partial charge in [0.05, 0.1) is 6.61 Å². The molecule has 0 aromatic heterocycles. The van der Waals surface area contributed by atoms with Crippen molar-refractivity contribution in [2.45, 2.75) is 70.0 Å². The van der Waals surface area contributed by atoms with E-state index in [-0.39, 0.29) is 6.61 Å². The lowest BCUT2D eigenvalue weighted by atomic mass is 9.99. The van der Waals surface area contributed by atoms with E-state index < -0.39 is 42.3 Å². The number of rotatable bonds is 0. The minimum absolute atomic E-state index is 0.275. The second kappa shape index (κ2) is 3.88. The van der Waals surface area contributed by atoms with Gasteiger partial charge in [-0.25, -0.2) is 0 Å². The van der Waals surface area contributed by atoms with E-state index in [9.17, 15) is 5.11 Å². The molecule has 104 valence electrons. The van der Waals surface area contributed by atoms with Crippen molar-refractivity contribution < 1.29 is 28.8 Å². The predicted octanol–water partition coefficient (Wildman–Crippen LogP) is 0.375. The Hall–Kier alpha value is -0.240. The zero-order valence-electron chi connectivity index (χ0n) is 11.1. The quantitative estimate of drug-likeness (QED) is 0.679. The Morgan fingerprint density at radius 3 is 2.33 bits per heavy atom. The fraction of sp³-hybridized carbons (Fsp3) is 1.00. The van der Waals surface area contributed by atoms with E-state index >= 15 is 0 Å². The SMILES string of the molecule is CC1(C)OCC2OC(O1)C1OC(C)(C)OC1C2O. The maximum Gasteiger partial charge on any atom is 0.190 e. The summed E-state index contributed by atoms with van der Waals surface area (Å²) in [5.41, 5.74) is 0. The normalized spacial score (nSPS) is 49.5. The monoisotopic (exact) mass is 260 g/mol. The average molecular weight is 260 g/mol. The summed E-state index contributed by atoms with van der Waals surface area (Å²) in [5.74, 6) is -1.50. The van der Waals surface area contributed by atoms with Gasteiger partial charge in [0.1, 0.15) is 24.4 Å². The highest BCUT2D eigenvalue weighted by Crippen LogP contribution is 2.40. The Labute approximate surface area is 106 Å². The number of aliphatic hydroxyl groups excluding tert-OH is 1. The summed E-state index contributed by atoms with van der Waals surface area (Å²) in [4.78, 5) is 0. The van der Waals surface area contributed by atoms with Crippen LogP contribution in [0, 0.1) is 0 Å². The van der Waals surface area contributed by atoms with Crippen LogP contribution in [0.4, 0.5) is 0 Å². The van der Waals surface area contributed by atoms with Gasteiger partial charge in [-0.2, -0.15) is 0 Å². The zero-order valence-corrected chi connectivity index (χ0v) is 11.1. The van der Waals surface area contributed by atoms with Crippen LogP contribution in [0.3, 0.4) is 0 Å². The highest BCUT2D eigenvalue weighted by atomic mass is 16.8.